The number of benzene rings is 1. The van der Waals surface area contributed by atoms with Gasteiger partial charge in [0.15, 0.2) is 0 Å². The molecule has 84 valence electrons. The fraction of sp³-hybridized carbons (Fsp3) is 0.400. The number of rotatable bonds is 3. The molecule has 4 nitrogen and oxygen atoms in total. The van der Waals surface area contributed by atoms with Gasteiger partial charge in [-0.2, -0.15) is 12.7 Å². The van der Waals surface area contributed by atoms with Crippen LogP contribution in [0.15, 0.2) is 18.2 Å². The molecule has 0 atom stereocenters. The summed E-state index contributed by atoms with van der Waals surface area (Å²) in [5.74, 6) is 0. The minimum Gasteiger partial charge on any atom is -0.271 e. The van der Waals surface area contributed by atoms with Crippen LogP contribution >= 0.6 is 0 Å². The molecule has 1 rings (SSSR count). The van der Waals surface area contributed by atoms with Gasteiger partial charge in [-0.05, 0) is 37.1 Å². The highest BCUT2D eigenvalue weighted by Gasteiger charge is 2.12. The van der Waals surface area contributed by atoms with Crippen LogP contribution in [-0.2, 0) is 10.2 Å². The summed E-state index contributed by atoms with van der Waals surface area (Å²) in [5, 5.41) is 0. The summed E-state index contributed by atoms with van der Waals surface area (Å²) in [7, 11) is -0.419. The number of nitrogens with one attached hydrogen (secondary N) is 1. The van der Waals surface area contributed by atoms with Crippen molar-refractivity contribution in [3.05, 3.63) is 29.3 Å². The Balaban J connectivity index is 3.00. The van der Waals surface area contributed by atoms with Crippen LogP contribution < -0.4 is 4.72 Å². The molecule has 0 radical (unpaired) electrons. The Morgan fingerprint density at radius 2 is 1.53 bits per heavy atom. The number of nitrogens with zero attached hydrogens (tertiary/aromatic N) is 1. The minimum atomic E-state index is -3.40. The van der Waals surface area contributed by atoms with E-state index >= 15 is 0 Å². The Bertz CT molecular complexity index is 432. The lowest BCUT2D eigenvalue weighted by molar-refractivity contribution is 0.527. The normalized spacial score (nSPS) is 11.8. The Kier molecular flexibility index (Phi) is 3.36. The summed E-state index contributed by atoms with van der Waals surface area (Å²) >= 11 is 0. The molecule has 0 spiro atoms. The molecule has 0 saturated carbocycles. The maximum Gasteiger partial charge on any atom is 0.301 e. The van der Waals surface area contributed by atoms with Gasteiger partial charge >= 0.3 is 10.2 Å². The van der Waals surface area contributed by atoms with E-state index in [0.29, 0.717) is 5.69 Å². The molecule has 15 heavy (non-hydrogen) atoms. The zero-order chi connectivity index (χ0) is 11.6. The fourth-order valence-electron chi connectivity index (χ4n) is 1.27. The molecule has 0 aliphatic rings. The van der Waals surface area contributed by atoms with E-state index < -0.39 is 10.2 Å². The van der Waals surface area contributed by atoms with Crippen molar-refractivity contribution in [1.82, 2.24) is 4.31 Å². The van der Waals surface area contributed by atoms with Crippen molar-refractivity contribution in [2.75, 3.05) is 18.8 Å². The van der Waals surface area contributed by atoms with E-state index in [1.54, 1.807) is 12.1 Å². The van der Waals surface area contributed by atoms with Crippen molar-refractivity contribution in [2.45, 2.75) is 13.8 Å². The molecule has 0 aromatic heterocycles. The first-order chi connectivity index (χ1) is 6.81. The van der Waals surface area contributed by atoms with E-state index in [-0.39, 0.29) is 0 Å². The zero-order valence-electron chi connectivity index (χ0n) is 9.40. The van der Waals surface area contributed by atoms with Crippen molar-refractivity contribution < 1.29 is 8.42 Å². The lowest BCUT2D eigenvalue weighted by atomic mass is 10.1. The highest BCUT2D eigenvalue weighted by Crippen LogP contribution is 2.15. The fourth-order valence-corrected chi connectivity index (χ4v) is 1.87. The van der Waals surface area contributed by atoms with E-state index in [9.17, 15) is 8.42 Å². The van der Waals surface area contributed by atoms with Crippen molar-refractivity contribution in [3.8, 4) is 0 Å². The van der Waals surface area contributed by atoms with Crippen LogP contribution in [0.4, 0.5) is 5.69 Å². The topological polar surface area (TPSA) is 49.4 Å². The molecular formula is C10H16N2O2S. The van der Waals surface area contributed by atoms with Crippen molar-refractivity contribution >= 4 is 15.9 Å². The molecule has 0 fully saturated rings. The van der Waals surface area contributed by atoms with Crippen LogP contribution in [0.25, 0.3) is 0 Å². The molecular weight excluding hydrogens is 212 g/mol. The molecule has 0 unspecified atom stereocenters. The summed E-state index contributed by atoms with van der Waals surface area (Å²) in [4.78, 5) is 0. The number of anilines is 1. The second-order valence-electron chi connectivity index (χ2n) is 3.77. The van der Waals surface area contributed by atoms with Gasteiger partial charge in [0, 0.05) is 14.1 Å². The molecule has 0 bridgehead atoms. The second kappa shape index (κ2) is 4.20. The third-order valence-electron chi connectivity index (χ3n) is 1.95. The maximum absolute atomic E-state index is 11.5. The van der Waals surface area contributed by atoms with Gasteiger partial charge in [-0.1, -0.05) is 6.07 Å². The number of hydrogen-bond donors (Lipinski definition) is 1. The summed E-state index contributed by atoms with van der Waals surface area (Å²) in [6.45, 7) is 3.86. The van der Waals surface area contributed by atoms with Gasteiger partial charge < -0.3 is 0 Å². The van der Waals surface area contributed by atoms with E-state index in [1.807, 2.05) is 19.9 Å². The summed E-state index contributed by atoms with van der Waals surface area (Å²) in [6.07, 6.45) is 0. The summed E-state index contributed by atoms with van der Waals surface area (Å²) < 4.78 is 26.7. The number of aryl methyl sites for hydroxylation is 2. The van der Waals surface area contributed by atoms with E-state index in [0.717, 1.165) is 15.4 Å². The van der Waals surface area contributed by atoms with Gasteiger partial charge in [0.05, 0.1) is 5.69 Å². The average molecular weight is 228 g/mol. The van der Waals surface area contributed by atoms with Gasteiger partial charge in [-0.15, -0.1) is 0 Å². The molecule has 5 heteroatoms. The average Bonchev–Trinajstić information content (AvgIpc) is 1.99. The Hall–Kier alpha value is -1.07. The summed E-state index contributed by atoms with van der Waals surface area (Å²) in [5.41, 5.74) is 2.67. The molecule has 0 saturated heterocycles. The first-order valence-corrected chi connectivity index (χ1v) is 6.04. The van der Waals surface area contributed by atoms with Crippen molar-refractivity contribution in [2.24, 2.45) is 0 Å². The molecule has 0 amide bonds. The quantitative estimate of drug-likeness (QED) is 0.852. The standard InChI is InChI=1S/C10H16N2O2S/c1-8-5-9(2)7-10(6-8)11-15(13,14)12(3)4/h5-7,11H,1-4H3. The van der Waals surface area contributed by atoms with Gasteiger partial charge in [0.1, 0.15) is 0 Å². The second-order valence-corrected chi connectivity index (χ2v) is 5.65. The molecule has 0 heterocycles. The lowest BCUT2D eigenvalue weighted by Gasteiger charge is -2.14. The van der Waals surface area contributed by atoms with Gasteiger partial charge in [-0.25, -0.2) is 0 Å². The third kappa shape index (κ3) is 3.21. The monoisotopic (exact) mass is 228 g/mol. The summed E-state index contributed by atoms with van der Waals surface area (Å²) in [6, 6.07) is 5.59. The van der Waals surface area contributed by atoms with E-state index in [2.05, 4.69) is 4.72 Å². The van der Waals surface area contributed by atoms with Crippen LogP contribution in [-0.4, -0.2) is 26.8 Å². The molecule has 1 N–H and O–H groups in total. The highest BCUT2D eigenvalue weighted by atomic mass is 32.2. The van der Waals surface area contributed by atoms with Gasteiger partial charge in [0.2, 0.25) is 0 Å². The number of hydrogen-bond acceptors (Lipinski definition) is 2. The molecule has 1 aromatic carbocycles. The Morgan fingerprint density at radius 3 is 1.93 bits per heavy atom. The SMILES string of the molecule is Cc1cc(C)cc(NS(=O)(=O)N(C)C)c1. The van der Waals surface area contributed by atoms with Crippen LogP contribution in [0, 0.1) is 13.8 Å². The van der Waals surface area contributed by atoms with Crippen LogP contribution in [0.5, 0.6) is 0 Å². The Labute approximate surface area is 91.1 Å². The third-order valence-corrected chi connectivity index (χ3v) is 3.40. The van der Waals surface area contributed by atoms with Crippen LogP contribution in [0.1, 0.15) is 11.1 Å². The van der Waals surface area contributed by atoms with Gasteiger partial charge in [-0.3, -0.25) is 4.72 Å². The minimum absolute atomic E-state index is 0.598. The smallest absolute Gasteiger partial charge is 0.271 e. The highest BCUT2D eigenvalue weighted by molar-refractivity contribution is 7.90. The lowest BCUT2D eigenvalue weighted by Crippen LogP contribution is -2.28. The largest absolute Gasteiger partial charge is 0.301 e. The first kappa shape index (κ1) is 12.0. The predicted molar refractivity (Wildman–Crippen MR) is 62.1 cm³/mol. The predicted octanol–water partition coefficient (Wildman–Crippen LogP) is 1.52. The van der Waals surface area contributed by atoms with Crippen molar-refractivity contribution in [1.29, 1.82) is 0 Å². The van der Waals surface area contributed by atoms with Gasteiger partial charge in [0.25, 0.3) is 0 Å². The maximum atomic E-state index is 11.5. The molecule has 1 aromatic rings. The zero-order valence-corrected chi connectivity index (χ0v) is 10.2. The van der Waals surface area contributed by atoms with E-state index in [4.69, 9.17) is 0 Å². The van der Waals surface area contributed by atoms with Crippen molar-refractivity contribution in [3.63, 3.8) is 0 Å². The van der Waals surface area contributed by atoms with Crippen LogP contribution in [0.3, 0.4) is 0 Å². The van der Waals surface area contributed by atoms with Crippen LogP contribution in [0.2, 0.25) is 0 Å². The molecule has 0 aliphatic heterocycles. The Morgan fingerprint density at radius 1 is 1.07 bits per heavy atom. The first-order valence-electron chi connectivity index (χ1n) is 4.60. The molecule has 0 aliphatic carbocycles. The van der Waals surface area contributed by atoms with E-state index in [1.165, 1.54) is 14.1 Å².